The van der Waals surface area contributed by atoms with Crippen LogP contribution in [-0.4, -0.2) is 19.7 Å². The third kappa shape index (κ3) is 3.36. The number of aromatic nitrogens is 3. The van der Waals surface area contributed by atoms with Gasteiger partial charge in [0, 0.05) is 18.7 Å². The lowest BCUT2D eigenvalue weighted by Gasteiger charge is -2.05. The smallest absolute Gasteiger partial charge is 0.283 e. The van der Waals surface area contributed by atoms with Gasteiger partial charge < -0.3 is 4.57 Å². The zero-order valence-corrected chi connectivity index (χ0v) is 14.3. The highest BCUT2D eigenvalue weighted by atomic mass is 32.2. The Morgan fingerprint density at radius 3 is 2.72 bits per heavy atom. The SMILES string of the molecule is Cc1cccc(-c2nnc(Sc3cc(C#N)ccc3[N+](=O)[O-])n2C)c1. The van der Waals surface area contributed by atoms with E-state index in [0.717, 1.165) is 22.9 Å². The standard InChI is InChI=1S/C17H13N5O2S/c1-11-4-3-5-13(8-11)16-19-20-17(21(16)2)25-15-9-12(10-18)6-7-14(15)22(23)24/h3-9H,1-2H3. The number of hydrogen-bond donors (Lipinski definition) is 0. The zero-order valence-electron chi connectivity index (χ0n) is 13.5. The molecule has 25 heavy (non-hydrogen) atoms. The number of rotatable bonds is 4. The van der Waals surface area contributed by atoms with Crippen LogP contribution in [-0.2, 0) is 7.05 Å². The van der Waals surface area contributed by atoms with Gasteiger partial charge in [0.2, 0.25) is 0 Å². The lowest BCUT2D eigenvalue weighted by Crippen LogP contribution is -1.96. The Morgan fingerprint density at radius 1 is 1.24 bits per heavy atom. The molecular formula is C17H13N5O2S. The third-order valence-corrected chi connectivity index (χ3v) is 4.68. The molecule has 0 unspecified atom stereocenters. The van der Waals surface area contributed by atoms with Gasteiger partial charge in [-0.25, -0.2) is 0 Å². The number of aryl methyl sites for hydroxylation is 1. The first-order valence-corrected chi connectivity index (χ1v) is 8.14. The van der Waals surface area contributed by atoms with Crippen molar-refractivity contribution in [2.24, 2.45) is 7.05 Å². The summed E-state index contributed by atoms with van der Waals surface area (Å²) in [6.45, 7) is 1.99. The predicted molar refractivity (Wildman–Crippen MR) is 93.1 cm³/mol. The Labute approximate surface area is 148 Å². The fraction of sp³-hybridized carbons (Fsp3) is 0.118. The van der Waals surface area contributed by atoms with Crippen LogP contribution in [0.3, 0.4) is 0 Å². The molecule has 0 spiro atoms. The summed E-state index contributed by atoms with van der Waals surface area (Å²) in [4.78, 5) is 11.1. The topological polar surface area (TPSA) is 97.6 Å². The molecule has 7 nitrogen and oxygen atoms in total. The lowest BCUT2D eigenvalue weighted by molar-refractivity contribution is -0.387. The van der Waals surface area contributed by atoms with Gasteiger partial charge in [0.25, 0.3) is 5.69 Å². The summed E-state index contributed by atoms with van der Waals surface area (Å²) >= 11 is 1.11. The Bertz CT molecular complexity index is 1010. The Kier molecular flexibility index (Phi) is 4.50. The van der Waals surface area contributed by atoms with Crippen LogP contribution in [0.5, 0.6) is 0 Å². The van der Waals surface area contributed by atoms with E-state index >= 15 is 0 Å². The fourth-order valence-electron chi connectivity index (χ4n) is 2.35. The highest BCUT2D eigenvalue weighted by Gasteiger charge is 2.19. The highest BCUT2D eigenvalue weighted by molar-refractivity contribution is 7.99. The first-order valence-electron chi connectivity index (χ1n) is 7.32. The van der Waals surface area contributed by atoms with Gasteiger partial charge in [-0.05, 0) is 36.9 Å². The number of benzene rings is 2. The van der Waals surface area contributed by atoms with Crippen LogP contribution >= 0.6 is 11.8 Å². The summed E-state index contributed by atoms with van der Waals surface area (Å²) in [5.41, 5.74) is 2.31. The van der Waals surface area contributed by atoms with Crippen molar-refractivity contribution in [3.63, 3.8) is 0 Å². The number of nitrogens with zero attached hydrogens (tertiary/aromatic N) is 5. The molecule has 0 bridgehead atoms. The van der Waals surface area contributed by atoms with E-state index in [1.165, 1.54) is 18.2 Å². The van der Waals surface area contributed by atoms with Gasteiger partial charge >= 0.3 is 0 Å². The normalized spacial score (nSPS) is 10.4. The molecule has 1 heterocycles. The summed E-state index contributed by atoms with van der Waals surface area (Å²) in [5, 5.41) is 29.1. The minimum atomic E-state index is -0.471. The van der Waals surface area contributed by atoms with Crippen molar-refractivity contribution >= 4 is 17.4 Å². The molecule has 0 aliphatic heterocycles. The maximum Gasteiger partial charge on any atom is 0.283 e. The quantitative estimate of drug-likeness (QED) is 0.525. The van der Waals surface area contributed by atoms with Crippen molar-refractivity contribution in [3.05, 3.63) is 63.7 Å². The van der Waals surface area contributed by atoms with Gasteiger partial charge in [-0.3, -0.25) is 10.1 Å². The minimum Gasteiger partial charge on any atom is -0.305 e. The summed E-state index contributed by atoms with van der Waals surface area (Å²) < 4.78 is 1.78. The summed E-state index contributed by atoms with van der Waals surface area (Å²) in [6.07, 6.45) is 0. The second-order valence-electron chi connectivity index (χ2n) is 5.39. The van der Waals surface area contributed by atoms with Crippen molar-refractivity contribution in [2.75, 3.05) is 0 Å². The first kappa shape index (κ1) is 16.7. The number of nitro groups is 1. The number of hydrogen-bond acceptors (Lipinski definition) is 6. The molecule has 0 N–H and O–H groups in total. The van der Waals surface area contributed by atoms with Gasteiger partial charge in [0.1, 0.15) is 0 Å². The van der Waals surface area contributed by atoms with Crippen LogP contribution in [0.15, 0.2) is 52.5 Å². The van der Waals surface area contributed by atoms with E-state index in [4.69, 9.17) is 5.26 Å². The summed E-state index contributed by atoms with van der Waals surface area (Å²) in [7, 11) is 1.81. The average Bonchev–Trinajstić information content (AvgIpc) is 2.95. The molecule has 1 aromatic heterocycles. The molecule has 0 saturated carbocycles. The molecule has 0 atom stereocenters. The van der Waals surface area contributed by atoms with Gasteiger partial charge in [-0.15, -0.1) is 10.2 Å². The summed E-state index contributed by atoms with van der Waals surface area (Å²) in [5.74, 6) is 0.672. The van der Waals surface area contributed by atoms with E-state index < -0.39 is 4.92 Å². The van der Waals surface area contributed by atoms with E-state index in [-0.39, 0.29) is 5.69 Å². The van der Waals surface area contributed by atoms with Crippen molar-refractivity contribution < 1.29 is 4.92 Å². The maximum absolute atomic E-state index is 11.2. The largest absolute Gasteiger partial charge is 0.305 e. The minimum absolute atomic E-state index is 0.0656. The maximum atomic E-state index is 11.2. The van der Waals surface area contributed by atoms with Gasteiger partial charge in [-0.1, -0.05) is 23.8 Å². The van der Waals surface area contributed by atoms with Crippen LogP contribution in [0.25, 0.3) is 11.4 Å². The average molecular weight is 351 g/mol. The molecule has 0 amide bonds. The van der Waals surface area contributed by atoms with Crippen LogP contribution in [0.4, 0.5) is 5.69 Å². The molecule has 124 valence electrons. The van der Waals surface area contributed by atoms with Gasteiger partial charge in [0.05, 0.1) is 21.5 Å². The molecule has 0 aliphatic rings. The first-order chi connectivity index (χ1) is 12.0. The molecule has 3 rings (SSSR count). The lowest BCUT2D eigenvalue weighted by atomic mass is 10.1. The molecule has 0 saturated heterocycles. The number of nitro benzene ring substituents is 1. The highest BCUT2D eigenvalue weighted by Crippen LogP contribution is 2.35. The van der Waals surface area contributed by atoms with Crippen molar-refractivity contribution in [2.45, 2.75) is 17.0 Å². The molecule has 0 fully saturated rings. The van der Waals surface area contributed by atoms with Gasteiger partial charge in [-0.2, -0.15) is 5.26 Å². The van der Waals surface area contributed by atoms with E-state index in [9.17, 15) is 10.1 Å². The van der Waals surface area contributed by atoms with Gasteiger partial charge in [0.15, 0.2) is 11.0 Å². The van der Waals surface area contributed by atoms with E-state index in [1.807, 2.05) is 37.3 Å². The molecule has 0 radical (unpaired) electrons. The second-order valence-corrected chi connectivity index (χ2v) is 6.40. The Balaban J connectivity index is 2.00. The van der Waals surface area contributed by atoms with Crippen LogP contribution in [0.2, 0.25) is 0 Å². The van der Waals surface area contributed by atoms with E-state index in [1.54, 1.807) is 11.6 Å². The van der Waals surface area contributed by atoms with Crippen LogP contribution < -0.4 is 0 Å². The van der Waals surface area contributed by atoms with E-state index in [2.05, 4.69) is 10.2 Å². The monoisotopic (exact) mass is 351 g/mol. The van der Waals surface area contributed by atoms with Crippen LogP contribution in [0.1, 0.15) is 11.1 Å². The molecular weight excluding hydrogens is 338 g/mol. The van der Waals surface area contributed by atoms with Crippen molar-refractivity contribution in [1.82, 2.24) is 14.8 Å². The van der Waals surface area contributed by atoms with E-state index in [0.29, 0.717) is 21.4 Å². The fourth-order valence-corrected chi connectivity index (χ4v) is 3.29. The molecule has 0 aliphatic carbocycles. The Hall–Kier alpha value is -3.18. The zero-order chi connectivity index (χ0) is 18.0. The molecule has 3 aromatic rings. The Morgan fingerprint density at radius 2 is 2.04 bits per heavy atom. The van der Waals surface area contributed by atoms with Crippen molar-refractivity contribution in [3.8, 4) is 17.5 Å². The molecule has 8 heteroatoms. The molecule has 2 aromatic carbocycles. The number of nitriles is 1. The third-order valence-electron chi connectivity index (χ3n) is 3.60. The summed E-state index contributed by atoms with van der Waals surface area (Å²) in [6, 6.07) is 14.1. The predicted octanol–water partition coefficient (Wildman–Crippen LogP) is 3.72. The van der Waals surface area contributed by atoms with Crippen molar-refractivity contribution in [1.29, 1.82) is 5.26 Å². The second kappa shape index (κ2) is 6.75. The van der Waals surface area contributed by atoms with Crippen LogP contribution in [0, 0.1) is 28.4 Å².